The van der Waals surface area contributed by atoms with Gasteiger partial charge in [0.15, 0.2) is 0 Å². The van der Waals surface area contributed by atoms with E-state index in [0.29, 0.717) is 6.04 Å². The zero-order valence-corrected chi connectivity index (χ0v) is 10.9. The lowest BCUT2D eigenvalue weighted by molar-refractivity contribution is 0.242. The zero-order valence-electron chi connectivity index (χ0n) is 10.1. The van der Waals surface area contributed by atoms with Crippen molar-refractivity contribution in [2.45, 2.75) is 51.0 Å². The summed E-state index contributed by atoms with van der Waals surface area (Å²) in [6, 6.07) is 3.14. The molecular formula is C14H21NS. The monoisotopic (exact) mass is 235 g/mol. The van der Waals surface area contributed by atoms with Crippen molar-refractivity contribution in [1.29, 1.82) is 0 Å². The Kier molecular flexibility index (Phi) is 3.03. The van der Waals surface area contributed by atoms with E-state index in [1.165, 1.54) is 44.9 Å². The van der Waals surface area contributed by atoms with E-state index in [4.69, 9.17) is 0 Å². The fraction of sp³-hybridized carbons (Fsp3) is 0.714. The highest BCUT2D eigenvalue weighted by atomic mass is 32.1. The second kappa shape index (κ2) is 4.50. The van der Waals surface area contributed by atoms with E-state index in [1.807, 2.05) is 0 Å². The van der Waals surface area contributed by atoms with E-state index in [0.717, 1.165) is 5.92 Å². The molecule has 0 radical (unpaired) electrons. The molecule has 1 saturated carbocycles. The summed E-state index contributed by atoms with van der Waals surface area (Å²) < 4.78 is 0. The minimum atomic E-state index is 0.643. The fourth-order valence-corrected chi connectivity index (χ4v) is 4.51. The van der Waals surface area contributed by atoms with Gasteiger partial charge in [0.2, 0.25) is 0 Å². The molecule has 2 aliphatic rings. The predicted octanol–water partition coefficient (Wildman–Crippen LogP) is 3.69. The maximum atomic E-state index is 3.54. The van der Waals surface area contributed by atoms with Gasteiger partial charge in [-0.2, -0.15) is 0 Å². The van der Waals surface area contributed by atoms with Gasteiger partial charge in [-0.25, -0.2) is 0 Å². The average Bonchev–Trinajstić information content (AvgIpc) is 2.66. The topological polar surface area (TPSA) is 12.0 Å². The van der Waals surface area contributed by atoms with Crippen molar-refractivity contribution in [2.75, 3.05) is 7.05 Å². The normalized spacial score (nSPS) is 22.6. The number of aryl methyl sites for hydroxylation is 2. The van der Waals surface area contributed by atoms with Crippen LogP contribution in [0, 0.1) is 5.92 Å². The second-order valence-electron chi connectivity index (χ2n) is 5.26. The first-order valence-corrected chi connectivity index (χ1v) is 7.49. The molecule has 1 heterocycles. The van der Waals surface area contributed by atoms with Crippen molar-refractivity contribution < 1.29 is 0 Å². The fourth-order valence-electron chi connectivity index (χ4n) is 3.05. The molecule has 0 saturated heterocycles. The molecule has 0 amide bonds. The summed E-state index contributed by atoms with van der Waals surface area (Å²) in [7, 11) is 2.13. The Labute approximate surface area is 102 Å². The molecule has 1 atom stereocenters. The molecule has 0 bridgehead atoms. The van der Waals surface area contributed by atoms with Gasteiger partial charge in [0.05, 0.1) is 0 Å². The van der Waals surface area contributed by atoms with E-state index in [2.05, 4.69) is 29.8 Å². The maximum Gasteiger partial charge on any atom is 0.0441 e. The molecule has 1 aromatic heterocycles. The third-order valence-corrected chi connectivity index (χ3v) is 5.57. The quantitative estimate of drug-likeness (QED) is 0.842. The van der Waals surface area contributed by atoms with Crippen molar-refractivity contribution in [3.05, 3.63) is 21.4 Å². The molecule has 1 fully saturated rings. The van der Waals surface area contributed by atoms with Crippen molar-refractivity contribution in [2.24, 2.45) is 5.92 Å². The van der Waals surface area contributed by atoms with Gasteiger partial charge in [-0.05, 0) is 63.1 Å². The summed E-state index contributed by atoms with van der Waals surface area (Å²) in [4.78, 5) is 3.29. The van der Waals surface area contributed by atoms with E-state index < -0.39 is 0 Å². The summed E-state index contributed by atoms with van der Waals surface area (Å²) in [5.41, 5.74) is 1.66. The molecular weight excluding hydrogens is 214 g/mol. The molecule has 1 nitrogen and oxygen atoms in total. The smallest absolute Gasteiger partial charge is 0.0441 e. The van der Waals surface area contributed by atoms with Crippen LogP contribution in [-0.2, 0) is 12.8 Å². The molecule has 88 valence electrons. The first kappa shape index (κ1) is 10.8. The number of fused-ring (bicyclic) bond motifs is 1. The van der Waals surface area contributed by atoms with Gasteiger partial charge in [0.25, 0.3) is 0 Å². The van der Waals surface area contributed by atoms with Gasteiger partial charge >= 0.3 is 0 Å². The van der Waals surface area contributed by atoms with Gasteiger partial charge in [-0.1, -0.05) is 6.42 Å². The molecule has 0 aliphatic heterocycles. The SMILES string of the molecule is CNC(c1cc2c(s1)CCCC2)C1CCC1. The molecule has 0 aromatic carbocycles. The molecule has 2 aliphatic carbocycles. The van der Waals surface area contributed by atoms with Gasteiger partial charge in [0.1, 0.15) is 0 Å². The van der Waals surface area contributed by atoms with E-state index in [-0.39, 0.29) is 0 Å². The van der Waals surface area contributed by atoms with E-state index in [9.17, 15) is 0 Å². The molecule has 16 heavy (non-hydrogen) atoms. The summed E-state index contributed by atoms with van der Waals surface area (Å²) >= 11 is 2.08. The summed E-state index contributed by atoms with van der Waals surface area (Å²) in [5.74, 6) is 0.908. The highest BCUT2D eigenvalue weighted by Gasteiger charge is 2.29. The van der Waals surface area contributed by atoms with Crippen LogP contribution in [-0.4, -0.2) is 7.05 Å². The van der Waals surface area contributed by atoms with Crippen LogP contribution in [0.1, 0.15) is 53.5 Å². The Morgan fingerprint density at radius 2 is 2.06 bits per heavy atom. The Balaban J connectivity index is 1.83. The molecule has 0 spiro atoms. The van der Waals surface area contributed by atoms with Crippen LogP contribution in [0.5, 0.6) is 0 Å². The van der Waals surface area contributed by atoms with Crippen molar-refractivity contribution in [1.82, 2.24) is 5.32 Å². The number of hydrogen-bond donors (Lipinski definition) is 1. The highest BCUT2D eigenvalue weighted by Crippen LogP contribution is 2.41. The van der Waals surface area contributed by atoms with Gasteiger partial charge in [0, 0.05) is 15.8 Å². The molecule has 3 rings (SSSR count). The first-order chi connectivity index (χ1) is 7.88. The van der Waals surface area contributed by atoms with Crippen LogP contribution in [0.15, 0.2) is 6.07 Å². The summed E-state index contributed by atoms with van der Waals surface area (Å²) in [6.07, 6.45) is 9.75. The third kappa shape index (κ3) is 1.82. The van der Waals surface area contributed by atoms with E-state index >= 15 is 0 Å². The van der Waals surface area contributed by atoms with Crippen LogP contribution in [0.2, 0.25) is 0 Å². The highest BCUT2D eigenvalue weighted by molar-refractivity contribution is 7.12. The van der Waals surface area contributed by atoms with Crippen LogP contribution in [0.3, 0.4) is 0 Å². The Hall–Kier alpha value is -0.340. The predicted molar refractivity (Wildman–Crippen MR) is 70.1 cm³/mol. The van der Waals surface area contributed by atoms with Gasteiger partial charge in [-0.15, -0.1) is 11.3 Å². The maximum absolute atomic E-state index is 3.54. The Morgan fingerprint density at radius 3 is 2.69 bits per heavy atom. The van der Waals surface area contributed by atoms with Crippen molar-refractivity contribution >= 4 is 11.3 Å². The van der Waals surface area contributed by atoms with E-state index in [1.54, 1.807) is 15.3 Å². The Morgan fingerprint density at radius 1 is 1.25 bits per heavy atom. The Bertz CT molecular complexity index is 341. The minimum absolute atomic E-state index is 0.643. The number of rotatable bonds is 3. The van der Waals surface area contributed by atoms with Gasteiger partial charge < -0.3 is 5.32 Å². The molecule has 1 N–H and O–H groups in total. The lowest BCUT2D eigenvalue weighted by Gasteiger charge is -2.33. The van der Waals surface area contributed by atoms with Gasteiger partial charge in [-0.3, -0.25) is 0 Å². The first-order valence-electron chi connectivity index (χ1n) is 6.67. The number of nitrogens with one attached hydrogen (secondary N) is 1. The number of hydrogen-bond acceptors (Lipinski definition) is 2. The zero-order chi connectivity index (χ0) is 11.0. The van der Waals surface area contributed by atoms with Crippen LogP contribution in [0.4, 0.5) is 0 Å². The van der Waals surface area contributed by atoms with Crippen molar-refractivity contribution in [3.8, 4) is 0 Å². The van der Waals surface area contributed by atoms with Crippen LogP contribution >= 0.6 is 11.3 Å². The average molecular weight is 235 g/mol. The standard InChI is InChI=1S/C14H21NS/c1-15-14(10-6-4-7-10)13-9-11-5-2-3-8-12(11)16-13/h9-10,14-15H,2-8H2,1H3. The molecule has 2 heteroatoms. The second-order valence-corrected chi connectivity index (χ2v) is 6.43. The minimum Gasteiger partial charge on any atom is -0.312 e. The number of thiophene rings is 1. The van der Waals surface area contributed by atoms with Crippen LogP contribution < -0.4 is 5.32 Å². The van der Waals surface area contributed by atoms with Crippen molar-refractivity contribution in [3.63, 3.8) is 0 Å². The lowest BCUT2D eigenvalue weighted by atomic mass is 9.79. The summed E-state index contributed by atoms with van der Waals surface area (Å²) in [5, 5.41) is 3.54. The molecule has 1 aromatic rings. The largest absolute Gasteiger partial charge is 0.312 e. The molecule has 1 unspecified atom stereocenters. The third-order valence-electron chi connectivity index (χ3n) is 4.25. The van der Waals surface area contributed by atoms with Crippen LogP contribution in [0.25, 0.3) is 0 Å². The lowest BCUT2D eigenvalue weighted by Crippen LogP contribution is -2.29. The summed E-state index contributed by atoms with van der Waals surface area (Å²) in [6.45, 7) is 0.